The lowest BCUT2D eigenvalue weighted by molar-refractivity contribution is 0.0593. The zero-order valence-electron chi connectivity index (χ0n) is 12.5. The van der Waals surface area contributed by atoms with Crippen molar-refractivity contribution in [2.45, 2.75) is 20.4 Å². The molecule has 3 aromatic heterocycles. The van der Waals surface area contributed by atoms with Crippen LogP contribution in [0.1, 0.15) is 27.5 Å². The van der Waals surface area contributed by atoms with Crippen molar-refractivity contribution in [1.29, 1.82) is 0 Å². The lowest BCUT2D eigenvalue weighted by Crippen LogP contribution is -2.06. The molecule has 22 heavy (non-hydrogen) atoms. The number of carbonyl (C=O) groups excluding carboxylic acids is 1. The van der Waals surface area contributed by atoms with Crippen molar-refractivity contribution in [1.82, 2.24) is 14.8 Å². The Morgan fingerprint density at radius 2 is 2.23 bits per heavy atom. The molecule has 0 bridgehead atoms. The highest BCUT2D eigenvalue weighted by molar-refractivity contribution is 7.13. The molecule has 0 aliphatic carbocycles. The fraction of sp³-hybridized carbons (Fsp3) is 0.267. The highest BCUT2D eigenvalue weighted by atomic mass is 32.1. The average Bonchev–Trinajstić information content (AvgIpc) is 3.20. The molecule has 6 nitrogen and oxygen atoms in total. The number of aromatic nitrogens is 3. The second kappa shape index (κ2) is 5.76. The molecule has 0 aliphatic rings. The van der Waals surface area contributed by atoms with Crippen molar-refractivity contribution in [2.24, 2.45) is 0 Å². The molecule has 0 aromatic carbocycles. The molecule has 0 unspecified atom stereocenters. The van der Waals surface area contributed by atoms with Crippen LogP contribution in [0, 0.1) is 13.8 Å². The van der Waals surface area contributed by atoms with E-state index in [1.807, 2.05) is 25.3 Å². The Morgan fingerprint density at radius 1 is 1.41 bits per heavy atom. The number of nitrogens with zero attached hydrogens (tertiary/aromatic N) is 3. The summed E-state index contributed by atoms with van der Waals surface area (Å²) in [6.45, 7) is 4.34. The summed E-state index contributed by atoms with van der Waals surface area (Å²) in [5.41, 5.74) is 2.21. The summed E-state index contributed by atoms with van der Waals surface area (Å²) in [5, 5.41) is 6.18. The second-order valence-electron chi connectivity index (χ2n) is 4.84. The highest BCUT2D eigenvalue weighted by Gasteiger charge is 2.16. The van der Waals surface area contributed by atoms with Crippen LogP contribution in [0.4, 0.5) is 0 Å². The van der Waals surface area contributed by atoms with Crippen molar-refractivity contribution >= 4 is 17.3 Å². The van der Waals surface area contributed by atoms with Gasteiger partial charge in [0.15, 0.2) is 5.69 Å². The van der Waals surface area contributed by atoms with Gasteiger partial charge in [0, 0.05) is 6.20 Å². The Hall–Kier alpha value is -2.41. The Labute approximate surface area is 131 Å². The molecular formula is C15H15N3O3S. The van der Waals surface area contributed by atoms with Crippen molar-refractivity contribution in [2.75, 3.05) is 7.11 Å². The summed E-state index contributed by atoms with van der Waals surface area (Å²) >= 11 is 1.60. The maximum atomic E-state index is 11.4. The van der Waals surface area contributed by atoms with Gasteiger partial charge in [-0.15, -0.1) is 11.3 Å². The van der Waals surface area contributed by atoms with Gasteiger partial charge in [-0.3, -0.25) is 4.68 Å². The molecule has 3 aromatic rings. The zero-order chi connectivity index (χ0) is 15.7. The average molecular weight is 317 g/mol. The molecule has 0 saturated heterocycles. The van der Waals surface area contributed by atoms with E-state index in [9.17, 15) is 4.79 Å². The van der Waals surface area contributed by atoms with Crippen molar-refractivity contribution in [3.63, 3.8) is 0 Å². The molecule has 3 rings (SSSR count). The van der Waals surface area contributed by atoms with Crippen molar-refractivity contribution < 1.29 is 13.9 Å². The molecule has 3 heterocycles. The topological polar surface area (TPSA) is 70.2 Å². The van der Waals surface area contributed by atoms with Crippen LogP contribution in [-0.4, -0.2) is 27.8 Å². The summed E-state index contributed by atoms with van der Waals surface area (Å²) < 4.78 is 12.0. The molecule has 7 heteroatoms. The molecule has 0 spiro atoms. The number of oxazole rings is 1. The fourth-order valence-corrected chi connectivity index (χ4v) is 2.93. The molecule has 0 aliphatic heterocycles. The van der Waals surface area contributed by atoms with Crippen LogP contribution in [0.5, 0.6) is 0 Å². The number of hydrogen-bond donors (Lipinski definition) is 0. The number of hydrogen-bond acceptors (Lipinski definition) is 6. The maximum Gasteiger partial charge on any atom is 0.358 e. The summed E-state index contributed by atoms with van der Waals surface area (Å²) in [6, 6.07) is 3.65. The Kier molecular flexibility index (Phi) is 3.81. The number of rotatable bonds is 4. The number of ether oxygens (including phenoxy) is 1. The van der Waals surface area contributed by atoms with Gasteiger partial charge in [-0.1, -0.05) is 0 Å². The van der Waals surface area contributed by atoms with Crippen LogP contribution in [-0.2, 0) is 11.3 Å². The van der Waals surface area contributed by atoms with Gasteiger partial charge in [0.05, 0.1) is 18.5 Å². The van der Waals surface area contributed by atoms with Gasteiger partial charge in [0.1, 0.15) is 11.5 Å². The first kappa shape index (κ1) is 14.5. The largest absolute Gasteiger partial charge is 0.464 e. The molecule has 0 fully saturated rings. The summed E-state index contributed by atoms with van der Waals surface area (Å²) in [7, 11) is 1.33. The first-order valence-corrected chi connectivity index (χ1v) is 7.59. The van der Waals surface area contributed by atoms with Crippen LogP contribution in [0.25, 0.3) is 10.8 Å². The van der Waals surface area contributed by atoms with Gasteiger partial charge < -0.3 is 9.15 Å². The number of aryl methyl sites for hydroxylation is 2. The number of thiophene rings is 1. The molecule has 114 valence electrons. The van der Waals surface area contributed by atoms with Gasteiger partial charge in [-0.2, -0.15) is 5.10 Å². The minimum absolute atomic E-state index is 0.276. The maximum absolute atomic E-state index is 11.4. The lowest BCUT2D eigenvalue weighted by atomic mass is 10.3. The van der Waals surface area contributed by atoms with E-state index in [0.29, 0.717) is 12.4 Å². The van der Waals surface area contributed by atoms with Crippen LogP contribution >= 0.6 is 11.3 Å². The van der Waals surface area contributed by atoms with E-state index in [-0.39, 0.29) is 5.69 Å². The van der Waals surface area contributed by atoms with E-state index in [0.717, 1.165) is 21.9 Å². The third-order valence-electron chi connectivity index (χ3n) is 3.30. The minimum Gasteiger partial charge on any atom is -0.464 e. The standard InChI is InChI=1S/C15H15N3O3S/c1-9-5-7-22-13(9)14-16-12(10(2)21-14)8-18-6-4-11(17-18)15(19)20-3/h4-7H,8H2,1-3H3. The van der Waals surface area contributed by atoms with Crippen molar-refractivity contribution in [3.05, 3.63) is 46.4 Å². The first-order valence-electron chi connectivity index (χ1n) is 6.71. The van der Waals surface area contributed by atoms with Crippen LogP contribution in [0.3, 0.4) is 0 Å². The molecule has 0 N–H and O–H groups in total. The lowest BCUT2D eigenvalue weighted by Gasteiger charge is -1.98. The van der Waals surface area contributed by atoms with E-state index >= 15 is 0 Å². The number of esters is 1. The predicted molar refractivity (Wildman–Crippen MR) is 82.0 cm³/mol. The van der Waals surface area contributed by atoms with E-state index in [2.05, 4.69) is 14.8 Å². The van der Waals surface area contributed by atoms with E-state index in [1.165, 1.54) is 7.11 Å². The minimum atomic E-state index is -0.453. The van der Waals surface area contributed by atoms with Gasteiger partial charge >= 0.3 is 5.97 Å². The molecule has 0 saturated carbocycles. The zero-order valence-corrected chi connectivity index (χ0v) is 13.3. The van der Waals surface area contributed by atoms with Crippen LogP contribution < -0.4 is 0 Å². The van der Waals surface area contributed by atoms with E-state index in [1.54, 1.807) is 28.3 Å². The smallest absolute Gasteiger partial charge is 0.358 e. The summed E-state index contributed by atoms with van der Waals surface area (Å²) in [6.07, 6.45) is 1.72. The predicted octanol–water partition coefficient (Wildman–Crippen LogP) is 3.05. The molecule has 0 amide bonds. The molecular weight excluding hydrogens is 302 g/mol. The van der Waals surface area contributed by atoms with Crippen LogP contribution in [0.2, 0.25) is 0 Å². The Morgan fingerprint density at radius 3 is 2.91 bits per heavy atom. The van der Waals surface area contributed by atoms with E-state index < -0.39 is 5.97 Å². The second-order valence-corrected chi connectivity index (χ2v) is 5.76. The van der Waals surface area contributed by atoms with Gasteiger partial charge in [0.25, 0.3) is 0 Å². The Balaban J connectivity index is 1.84. The summed E-state index contributed by atoms with van der Waals surface area (Å²) in [5.74, 6) is 0.920. The van der Waals surface area contributed by atoms with Crippen molar-refractivity contribution in [3.8, 4) is 10.8 Å². The monoisotopic (exact) mass is 317 g/mol. The van der Waals surface area contributed by atoms with E-state index in [4.69, 9.17) is 4.42 Å². The summed E-state index contributed by atoms with van der Waals surface area (Å²) in [4.78, 5) is 17.0. The Bertz CT molecular complexity index is 816. The molecule has 0 radical (unpaired) electrons. The highest BCUT2D eigenvalue weighted by Crippen LogP contribution is 2.29. The van der Waals surface area contributed by atoms with Gasteiger partial charge in [-0.05, 0) is 36.9 Å². The first-order chi connectivity index (χ1) is 10.6. The third kappa shape index (κ3) is 2.67. The SMILES string of the molecule is COC(=O)c1ccn(Cc2nc(-c3sccc3C)oc2C)n1. The molecule has 0 atom stereocenters. The number of methoxy groups -OCH3 is 1. The van der Waals surface area contributed by atoms with Gasteiger partial charge in [-0.25, -0.2) is 9.78 Å². The van der Waals surface area contributed by atoms with Crippen LogP contribution in [0.15, 0.2) is 28.1 Å². The normalized spacial score (nSPS) is 10.9. The fourth-order valence-electron chi connectivity index (χ4n) is 2.08. The third-order valence-corrected chi connectivity index (χ3v) is 4.30. The quantitative estimate of drug-likeness (QED) is 0.692. The van der Waals surface area contributed by atoms with Gasteiger partial charge in [0.2, 0.25) is 5.89 Å². The number of carbonyl (C=O) groups is 1.